The Kier molecular flexibility index (Phi) is 6.11. The normalized spacial score (nSPS) is 17.4. The van der Waals surface area contributed by atoms with Crippen molar-refractivity contribution in [2.45, 2.75) is 37.1 Å². The lowest BCUT2D eigenvalue weighted by molar-refractivity contribution is 0.0785. The van der Waals surface area contributed by atoms with Crippen LogP contribution in [0.15, 0.2) is 53.4 Å². The molecule has 1 amide bonds. The summed E-state index contributed by atoms with van der Waals surface area (Å²) in [6.45, 7) is 3.67. The van der Waals surface area contributed by atoms with Crippen LogP contribution in [-0.4, -0.2) is 56.8 Å². The van der Waals surface area contributed by atoms with E-state index in [0.717, 1.165) is 31.5 Å². The highest BCUT2D eigenvalue weighted by Crippen LogP contribution is 2.26. The second kappa shape index (κ2) is 8.78. The van der Waals surface area contributed by atoms with E-state index in [1.54, 1.807) is 30.1 Å². The number of nitrogens with zero attached hydrogens (tertiary/aromatic N) is 3. The summed E-state index contributed by atoms with van der Waals surface area (Å²) in [5, 5.41) is 0. The Labute approximate surface area is 179 Å². The van der Waals surface area contributed by atoms with E-state index in [1.807, 2.05) is 12.1 Å². The van der Waals surface area contributed by atoms with Crippen LogP contribution in [0.4, 0.5) is 5.69 Å². The molecule has 2 heterocycles. The van der Waals surface area contributed by atoms with E-state index in [2.05, 4.69) is 17.0 Å². The molecule has 7 heteroatoms. The minimum atomic E-state index is -3.54. The summed E-state index contributed by atoms with van der Waals surface area (Å²) < 4.78 is 27.2. The van der Waals surface area contributed by atoms with Gasteiger partial charge in [-0.2, -0.15) is 4.31 Å². The summed E-state index contributed by atoms with van der Waals surface area (Å²) >= 11 is 0. The maximum atomic E-state index is 13.1. The van der Waals surface area contributed by atoms with E-state index in [0.29, 0.717) is 25.2 Å². The van der Waals surface area contributed by atoms with Gasteiger partial charge in [0.05, 0.1) is 4.90 Å². The van der Waals surface area contributed by atoms with Gasteiger partial charge in [0, 0.05) is 51.0 Å². The Morgan fingerprint density at radius 3 is 2.33 bits per heavy atom. The molecule has 0 aliphatic carbocycles. The fraction of sp³-hybridized carbons (Fsp3) is 0.435. The average Bonchev–Trinajstić information content (AvgIpc) is 3.48. The highest BCUT2D eigenvalue weighted by atomic mass is 32.2. The molecule has 2 fully saturated rings. The van der Waals surface area contributed by atoms with Crippen molar-refractivity contribution in [3.8, 4) is 0 Å². The van der Waals surface area contributed by atoms with Gasteiger partial charge >= 0.3 is 0 Å². The molecular weight excluding hydrogens is 398 g/mol. The maximum absolute atomic E-state index is 13.1. The highest BCUT2D eigenvalue weighted by Gasteiger charge is 2.28. The zero-order chi connectivity index (χ0) is 21.1. The highest BCUT2D eigenvalue weighted by molar-refractivity contribution is 7.89. The predicted octanol–water partition coefficient (Wildman–Crippen LogP) is 3.34. The van der Waals surface area contributed by atoms with Crippen LogP contribution < -0.4 is 4.90 Å². The minimum Gasteiger partial charge on any atom is -0.371 e. The molecule has 160 valence electrons. The Balaban J connectivity index is 1.53. The molecule has 2 aliphatic rings. The molecular formula is C23H29N3O3S. The summed E-state index contributed by atoms with van der Waals surface area (Å²) in [5.41, 5.74) is 2.69. The van der Waals surface area contributed by atoms with Crippen molar-refractivity contribution in [1.29, 1.82) is 0 Å². The van der Waals surface area contributed by atoms with Crippen LogP contribution in [0.25, 0.3) is 0 Å². The van der Waals surface area contributed by atoms with E-state index >= 15 is 0 Å². The Bertz CT molecular complexity index is 1010. The molecule has 2 aromatic rings. The summed E-state index contributed by atoms with van der Waals surface area (Å²) in [5.74, 6) is -0.176. The third kappa shape index (κ3) is 4.23. The van der Waals surface area contributed by atoms with Gasteiger partial charge in [-0.3, -0.25) is 4.79 Å². The Hall–Kier alpha value is -2.38. The lowest BCUT2D eigenvalue weighted by Gasteiger charge is -2.24. The van der Waals surface area contributed by atoms with Crippen molar-refractivity contribution in [2.24, 2.45) is 0 Å². The SMILES string of the molecule is CN(Cc1ccccc1N1CCCC1)C(=O)c1cccc(S(=O)(=O)N2CCCC2)c1. The predicted molar refractivity (Wildman–Crippen MR) is 118 cm³/mol. The van der Waals surface area contributed by atoms with Gasteiger partial charge in [-0.15, -0.1) is 0 Å². The minimum absolute atomic E-state index is 0.176. The maximum Gasteiger partial charge on any atom is 0.253 e. The smallest absolute Gasteiger partial charge is 0.253 e. The number of amides is 1. The van der Waals surface area contributed by atoms with E-state index < -0.39 is 10.0 Å². The largest absolute Gasteiger partial charge is 0.371 e. The molecule has 2 aromatic carbocycles. The van der Waals surface area contributed by atoms with E-state index in [-0.39, 0.29) is 10.8 Å². The first kappa shape index (κ1) is 20.9. The van der Waals surface area contributed by atoms with E-state index in [9.17, 15) is 13.2 Å². The number of hydrogen-bond acceptors (Lipinski definition) is 4. The zero-order valence-electron chi connectivity index (χ0n) is 17.5. The topological polar surface area (TPSA) is 60.9 Å². The van der Waals surface area contributed by atoms with Gasteiger partial charge in [0.15, 0.2) is 0 Å². The third-order valence-corrected chi connectivity index (χ3v) is 7.87. The molecule has 0 atom stereocenters. The Morgan fingerprint density at radius 1 is 0.933 bits per heavy atom. The van der Waals surface area contributed by atoms with Crippen LogP contribution >= 0.6 is 0 Å². The first-order valence-corrected chi connectivity index (χ1v) is 12.1. The molecule has 0 bridgehead atoms. The monoisotopic (exact) mass is 427 g/mol. The summed E-state index contributed by atoms with van der Waals surface area (Å²) in [4.78, 5) is 17.3. The number of benzene rings is 2. The van der Waals surface area contributed by atoms with Crippen molar-refractivity contribution >= 4 is 21.6 Å². The summed E-state index contributed by atoms with van der Waals surface area (Å²) in [6, 6.07) is 14.6. The van der Waals surface area contributed by atoms with Gasteiger partial charge in [-0.05, 0) is 55.5 Å². The van der Waals surface area contributed by atoms with E-state index in [1.165, 1.54) is 28.9 Å². The van der Waals surface area contributed by atoms with Crippen LogP contribution in [-0.2, 0) is 16.6 Å². The van der Waals surface area contributed by atoms with Crippen molar-refractivity contribution in [1.82, 2.24) is 9.21 Å². The lowest BCUT2D eigenvalue weighted by Crippen LogP contribution is -2.29. The van der Waals surface area contributed by atoms with Gasteiger partial charge in [-0.25, -0.2) is 8.42 Å². The number of para-hydroxylation sites is 1. The fourth-order valence-electron chi connectivity index (χ4n) is 4.33. The second-order valence-corrected chi connectivity index (χ2v) is 10.1. The van der Waals surface area contributed by atoms with Gasteiger partial charge in [0.2, 0.25) is 10.0 Å². The molecule has 0 radical (unpaired) electrons. The van der Waals surface area contributed by atoms with Crippen LogP contribution in [0, 0.1) is 0 Å². The standard InChI is InChI=1S/C23H29N3O3S/c1-24(18-20-9-2-3-12-22(20)25-13-4-5-14-25)23(27)19-10-8-11-21(17-19)30(28,29)26-15-6-7-16-26/h2-3,8-12,17H,4-7,13-16,18H2,1H3. The van der Waals surface area contributed by atoms with Crippen molar-refractivity contribution < 1.29 is 13.2 Å². The van der Waals surface area contributed by atoms with Gasteiger partial charge in [0.25, 0.3) is 5.91 Å². The molecule has 6 nitrogen and oxygen atoms in total. The molecule has 2 saturated heterocycles. The van der Waals surface area contributed by atoms with Crippen LogP contribution in [0.2, 0.25) is 0 Å². The van der Waals surface area contributed by atoms with Crippen molar-refractivity contribution in [2.75, 3.05) is 38.1 Å². The molecule has 4 rings (SSSR count). The fourth-order valence-corrected chi connectivity index (χ4v) is 5.89. The second-order valence-electron chi connectivity index (χ2n) is 8.12. The third-order valence-electron chi connectivity index (χ3n) is 5.98. The van der Waals surface area contributed by atoms with Gasteiger partial charge in [-0.1, -0.05) is 24.3 Å². The Morgan fingerprint density at radius 2 is 1.60 bits per heavy atom. The number of sulfonamides is 1. The number of rotatable bonds is 6. The quantitative estimate of drug-likeness (QED) is 0.709. The number of carbonyl (C=O) groups excluding carboxylic acids is 1. The van der Waals surface area contributed by atoms with Crippen molar-refractivity contribution in [3.05, 3.63) is 59.7 Å². The molecule has 0 aromatic heterocycles. The number of carbonyl (C=O) groups is 1. The van der Waals surface area contributed by atoms with Gasteiger partial charge in [0.1, 0.15) is 0 Å². The summed E-state index contributed by atoms with van der Waals surface area (Å²) in [6.07, 6.45) is 4.16. The zero-order valence-corrected chi connectivity index (χ0v) is 18.3. The van der Waals surface area contributed by atoms with Gasteiger partial charge < -0.3 is 9.80 Å². The first-order chi connectivity index (χ1) is 14.5. The summed E-state index contributed by atoms with van der Waals surface area (Å²) in [7, 11) is -1.77. The molecule has 2 aliphatic heterocycles. The molecule has 0 N–H and O–H groups in total. The van der Waals surface area contributed by atoms with Crippen LogP contribution in [0.3, 0.4) is 0 Å². The van der Waals surface area contributed by atoms with Crippen LogP contribution in [0.1, 0.15) is 41.6 Å². The van der Waals surface area contributed by atoms with Crippen LogP contribution in [0.5, 0.6) is 0 Å². The molecule has 0 unspecified atom stereocenters. The lowest BCUT2D eigenvalue weighted by atomic mass is 10.1. The number of hydrogen-bond donors (Lipinski definition) is 0. The van der Waals surface area contributed by atoms with Crippen molar-refractivity contribution in [3.63, 3.8) is 0 Å². The van der Waals surface area contributed by atoms with E-state index in [4.69, 9.17) is 0 Å². The molecule has 0 saturated carbocycles. The average molecular weight is 428 g/mol. The first-order valence-electron chi connectivity index (χ1n) is 10.7. The molecule has 0 spiro atoms. The number of anilines is 1. The molecule has 30 heavy (non-hydrogen) atoms.